The van der Waals surface area contributed by atoms with Crippen LogP contribution in [-0.2, 0) is 9.59 Å². The Kier molecular flexibility index (Phi) is 2.55. The maximum absolute atomic E-state index is 12.2. The Morgan fingerprint density at radius 3 is 2.44 bits per heavy atom. The highest BCUT2D eigenvalue weighted by atomic mass is 19.4. The van der Waals surface area contributed by atoms with Crippen LogP contribution in [0, 0.1) is 5.92 Å². The molecule has 16 heavy (non-hydrogen) atoms. The third-order valence-corrected chi connectivity index (χ3v) is 2.69. The normalized spacial score (nSPS) is 26.9. The van der Waals surface area contributed by atoms with E-state index >= 15 is 0 Å². The second-order valence-corrected chi connectivity index (χ2v) is 4.19. The fourth-order valence-electron chi connectivity index (χ4n) is 1.83. The van der Waals surface area contributed by atoms with E-state index in [2.05, 4.69) is 5.32 Å². The Labute approximate surface area is 89.8 Å². The SMILES string of the molecule is O=C1CN(CC(F)(F)F)C(=O)C(C2CC2)N1. The molecule has 1 aliphatic carbocycles. The molecule has 0 spiro atoms. The largest absolute Gasteiger partial charge is 0.406 e. The molecule has 1 aliphatic heterocycles. The maximum atomic E-state index is 12.2. The molecule has 1 N–H and O–H groups in total. The average Bonchev–Trinajstić information content (AvgIpc) is 2.91. The third kappa shape index (κ3) is 2.45. The number of alkyl halides is 3. The van der Waals surface area contributed by atoms with E-state index in [0.717, 1.165) is 12.8 Å². The zero-order chi connectivity index (χ0) is 11.9. The van der Waals surface area contributed by atoms with Gasteiger partial charge in [-0.1, -0.05) is 0 Å². The van der Waals surface area contributed by atoms with Crippen molar-refractivity contribution < 1.29 is 22.8 Å². The Morgan fingerprint density at radius 2 is 1.94 bits per heavy atom. The van der Waals surface area contributed by atoms with Crippen LogP contribution in [0.2, 0.25) is 0 Å². The van der Waals surface area contributed by atoms with Gasteiger partial charge in [-0.2, -0.15) is 13.2 Å². The van der Waals surface area contributed by atoms with Crippen molar-refractivity contribution in [1.82, 2.24) is 10.2 Å². The molecule has 0 radical (unpaired) electrons. The molecule has 1 atom stereocenters. The molecule has 0 aromatic heterocycles. The molecule has 2 amide bonds. The summed E-state index contributed by atoms with van der Waals surface area (Å²) in [6, 6.07) is -0.747. The van der Waals surface area contributed by atoms with E-state index in [1.54, 1.807) is 0 Å². The fraction of sp³-hybridized carbons (Fsp3) is 0.778. The summed E-state index contributed by atoms with van der Waals surface area (Å²) in [4.78, 5) is 23.4. The monoisotopic (exact) mass is 236 g/mol. The molecule has 0 aromatic carbocycles. The molecule has 1 saturated heterocycles. The smallest absolute Gasteiger partial charge is 0.342 e. The lowest BCUT2D eigenvalue weighted by Gasteiger charge is -2.32. The van der Waals surface area contributed by atoms with Gasteiger partial charge >= 0.3 is 6.18 Å². The predicted octanol–water partition coefficient (Wildman–Crippen LogP) is 0.286. The quantitative estimate of drug-likeness (QED) is 0.749. The van der Waals surface area contributed by atoms with Gasteiger partial charge < -0.3 is 10.2 Å². The number of nitrogens with zero attached hydrogens (tertiary/aromatic N) is 1. The molecule has 90 valence electrons. The summed E-state index contributed by atoms with van der Waals surface area (Å²) in [5, 5.41) is 2.45. The minimum absolute atomic E-state index is 0.0208. The van der Waals surface area contributed by atoms with Gasteiger partial charge in [-0.05, 0) is 18.8 Å². The lowest BCUT2D eigenvalue weighted by Crippen LogP contribution is -2.60. The number of amides is 2. The summed E-state index contributed by atoms with van der Waals surface area (Å²) in [5.41, 5.74) is 0. The molecule has 4 nitrogen and oxygen atoms in total. The summed E-state index contributed by atoms with van der Waals surface area (Å²) >= 11 is 0. The van der Waals surface area contributed by atoms with Crippen molar-refractivity contribution in [2.45, 2.75) is 25.1 Å². The van der Waals surface area contributed by atoms with Crippen molar-refractivity contribution in [2.24, 2.45) is 5.92 Å². The third-order valence-electron chi connectivity index (χ3n) is 2.69. The summed E-state index contributed by atoms with van der Waals surface area (Å²) in [7, 11) is 0. The molecule has 2 rings (SSSR count). The topological polar surface area (TPSA) is 49.4 Å². The number of piperazine rings is 1. The molecular weight excluding hydrogens is 225 g/mol. The second-order valence-electron chi connectivity index (χ2n) is 4.19. The van der Waals surface area contributed by atoms with Crippen LogP contribution in [0.5, 0.6) is 0 Å². The number of rotatable bonds is 2. The van der Waals surface area contributed by atoms with Crippen molar-refractivity contribution in [1.29, 1.82) is 0 Å². The van der Waals surface area contributed by atoms with Crippen LogP contribution in [0.15, 0.2) is 0 Å². The molecule has 1 heterocycles. The van der Waals surface area contributed by atoms with E-state index in [-0.39, 0.29) is 5.92 Å². The molecular formula is C9H11F3N2O2. The number of nitrogens with one attached hydrogen (secondary N) is 1. The van der Waals surface area contributed by atoms with E-state index in [9.17, 15) is 22.8 Å². The van der Waals surface area contributed by atoms with E-state index in [1.165, 1.54) is 0 Å². The molecule has 1 saturated carbocycles. The summed E-state index contributed by atoms with van der Waals surface area (Å²) < 4.78 is 36.5. The zero-order valence-electron chi connectivity index (χ0n) is 8.38. The van der Waals surface area contributed by atoms with Crippen molar-refractivity contribution in [2.75, 3.05) is 13.1 Å². The van der Waals surface area contributed by atoms with Gasteiger partial charge in [0, 0.05) is 0 Å². The van der Waals surface area contributed by atoms with Gasteiger partial charge in [-0.25, -0.2) is 0 Å². The molecule has 2 aliphatic rings. The molecule has 0 aromatic rings. The van der Waals surface area contributed by atoms with Gasteiger partial charge in [0.2, 0.25) is 11.8 Å². The standard InChI is InChI=1S/C9H11F3N2O2/c10-9(11,12)4-14-3-6(15)13-7(8(14)16)5-1-2-5/h5,7H,1-4H2,(H,13,15). The van der Waals surface area contributed by atoms with Gasteiger partial charge in [0.25, 0.3) is 0 Å². The molecule has 2 fully saturated rings. The number of carbonyl (C=O) groups excluding carboxylic acids is 2. The minimum atomic E-state index is -4.46. The highest BCUT2D eigenvalue weighted by molar-refractivity contribution is 5.95. The summed E-state index contributed by atoms with van der Waals surface area (Å²) in [6.07, 6.45) is -2.88. The first-order valence-corrected chi connectivity index (χ1v) is 5.02. The molecule has 0 bridgehead atoms. The maximum Gasteiger partial charge on any atom is 0.406 e. The second kappa shape index (κ2) is 3.64. The first kappa shape index (κ1) is 11.2. The summed E-state index contributed by atoms with van der Waals surface area (Å²) in [6.45, 7) is -1.84. The predicted molar refractivity (Wildman–Crippen MR) is 47.3 cm³/mol. The van der Waals surface area contributed by atoms with Gasteiger partial charge in [0.05, 0.1) is 6.54 Å². The average molecular weight is 236 g/mol. The van der Waals surface area contributed by atoms with E-state index in [4.69, 9.17) is 0 Å². The molecule has 7 heteroatoms. The van der Waals surface area contributed by atoms with Gasteiger partial charge in [0.1, 0.15) is 12.6 Å². The lowest BCUT2D eigenvalue weighted by molar-refractivity contribution is -0.168. The van der Waals surface area contributed by atoms with Crippen LogP contribution < -0.4 is 5.32 Å². The zero-order valence-corrected chi connectivity index (χ0v) is 8.38. The van der Waals surface area contributed by atoms with Crippen LogP contribution in [0.4, 0.5) is 13.2 Å². The van der Waals surface area contributed by atoms with Crippen molar-refractivity contribution >= 4 is 11.8 Å². The van der Waals surface area contributed by atoms with E-state index < -0.39 is 37.1 Å². The van der Waals surface area contributed by atoms with Crippen molar-refractivity contribution in [3.63, 3.8) is 0 Å². The number of halogens is 3. The lowest BCUT2D eigenvalue weighted by atomic mass is 10.1. The van der Waals surface area contributed by atoms with Crippen LogP contribution in [0.25, 0.3) is 0 Å². The first-order chi connectivity index (χ1) is 7.37. The Balaban J connectivity index is 2.06. The molecule has 1 unspecified atom stereocenters. The van der Waals surface area contributed by atoms with Crippen LogP contribution in [0.3, 0.4) is 0 Å². The van der Waals surface area contributed by atoms with Crippen LogP contribution in [-0.4, -0.2) is 42.0 Å². The van der Waals surface area contributed by atoms with Crippen LogP contribution in [0.1, 0.15) is 12.8 Å². The first-order valence-electron chi connectivity index (χ1n) is 5.02. The Morgan fingerprint density at radius 1 is 1.31 bits per heavy atom. The van der Waals surface area contributed by atoms with Gasteiger partial charge in [0.15, 0.2) is 0 Å². The Bertz CT molecular complexity index is 325. The minimum Gasteiger partial charge on any atom is -0.342 e. The van der Waals surface area contributed by atoms with Crippen molar-refractivity contribution in [3.8, 4) is 0 Å². The Hall–Kier alpha value is -1.27. The van der Waals surface area contributed by atoms with Gasteiger partial charge in [-0.15, -0.1) is 0 Å². The van der Waals surface area contributed by atoms with E-state index in [0.29, 0.717) is 4.90 Å². The number of hydrogen-bond acceptors (Lipinski definition) is 2. The van der Waals surface area contributed by atoms with Crippen molar-refractivity contribution in [3.05, 3.63) is 0 Å². The highest BCUT2D eigenvalue weighted by Gasteiger charge is 2.45. The fourth-order valence-corrected chi connectivity index (χ4v) is 1.83. The van der Waals surface area contributed by atoms with Crippen LogP contribution >= 0.6 is 0 Å². The summed E-state index contributed by atoms with van der Waals surface area (Å²) in [5.74, 6) is -1.10. The number of hydrogen-bond donors (Lipinski definition) is 1. The van der Waals surface area contributed by atoms with Gasteiger partial charge in [-0.3, -0.25) is 9.59 Å². The van der Waals surface area contributed by atoms with E-state index in [1.807, 2.05) is 0 Å². The highest BCUT2D eigenvalue weighted by Crippen LogP contribution is 2.34. The number of carbonyl (C=O) groups is 2.